The predicted octanol–water partition coefficient (Wildman–Crippen LogP) is -0.470. The number of aliphatic hydroxyl groups excluding tert-OH is 2. The number of aliphatic hydroxyl groups is 2. The van der Waals surface area contributed by atoms with Crippen molar-refractivity contribution in [3.05, 3.63) is 0 Å². The van der Waals surface area contributed by atoms with Gasteiger partial charge in [0.25, 0.3) is 0 Å². The summed E-state index contributed by atoms with van der Waals surface area (Å²) in [5.41, 5.74) is 0. The minimum absolute atomic E-state index is 0.177. The van der Waals surface area contributed by atoms with Crippen molar-refractivity contribution in [3.63, 3.8) is 0 Å². The molecule has 1 rings (SSSR count). The van der Waals surface area contributed by atoms with Crippen LogP contribution in [0.1, 0.15) is 13.8 Å². The average molecular weight is 176 g/mol. The zero-order chi connectivity index (χ0) is 9.30. The summed E-state index contributed by atoms with van der Waals surface area (Å²) >= 11 is 0. The van der Waals surface area contributed by atoms with E-state index in [-0.39, 0.29) is 12.2 Å². The van der Waals surface area contributed by atoms with Crippen LogP contribution in [0, 0.1) is 0 Å². The smallest absolute Gasteiger partial charge is 0.111 e. The molecular formula is C8H16O4. The van der Waals surface area contributed by atoms with Crippen LogP contribution in [-0.4, -0.2) is 47.8 Å². The summed E-state index contributed by atoms with van der Waals surface area (Å²) in [6, 6.07) is 0. The molecule has 0 bridgehead atoms. The zero-order valence-corrected chi connectivity index (χ0v) is 7.60. The average Bonchev–Trinajstić information content (AvgIpc) is 2.01. The van der Waals surface area contributed by atoms with Gasteiger partial charge in [-0.15, -0.1) is 0 Å². The minimum atomic E-state index is -0.855. The van der Waals surface area contributed by atoms with Gasteiger partial charge in [0.1, 0.15) is 18.3 Å². The Kier molecular flexibility index (Phi) is 3.06. The Labute approximate surface area is 72.1 Å². The van der Waals surface area contributed by atoms with Crippen molar-refractivity contribution in [1.82, 2.24) is 0 Å². The topological polar surface area (TPSA) is 58.9 Å². The van der Waals surface area contributed by atoms with Crippen molar-refractivity contribution in [1.29, 1.82) is 0 Å². The van der Waals surface area contributed by atoms with Gasteiger partial charge in [-0.25, -0.2) is 0 Å². The lowest BCUT2D eigenvalue weighted by molar-refractivity contribution is -0.219. The van der Waals surface area contributed by atoms with E-state index in [1.54, 1.807) is 6.92 Å². The molecule has 4 heteroatoms. The molecule has 72 valence electrons. The summed E-state index contributed by atoms with van der Waals surface area (Å²) in [4.78, 5) is 0. The molecule has 0 spiro atoms. The molecule has 5 atom stereocenters. The first-order valence-corrected chi connectivity index (χ1v) is 4.12. The molecule has 1 fully saturated rings. The number of ether oxygens (including phenoxy) is 2. The van der Waals surface area contributed by atoms with Gasteiger partial charge < -0.3 is 19.7 Å². The van der Waals surface area contributed by atoms with E-state index in [9.17, 15) is 10.2 Å². The van der Waals surface area contributed by atoms with E-state index in [1.165, 1.54) is 7.11 Å². The highest BCUT2D eigenvalue weighted by atomic mass is 16.6. The Hall–Kier alpha value is -0.160. The quantitative estimate of drug-likeness (QED) is 0.567. The third-order valence-corrected chi connectivity index (χ3v) is 2.33. The van der Waals surface area contributed by atoms with Gasteiger partial charge in [0.2, 0.25) is 0 Å². The number of hydrogen-bond acceptors (Lipinski definition) is 4. The first kappa shape index (κ1) is 9.92. The van der Waals surface area contributed by atoms with Crippen molar-refractivity contribution in [3.8, 4) is 0 Å². The Morgan fingerprint density at radius 2 is 1.67 bits per heavy atom. The molecule has 5 unspecified atom stereocenters. The maximum absolute atomic E-state index is 9.52. The van der Waals surface area contributed by atoms with Gasteiger partial charge >= 0.3 is 0 Å². The number of rotatable bonds is 1. The van der Waals surface area contributed by atoms with E-state index in [2.05, 4.69) is 0 Å². The van der Waals surface area contributed by atoms with Crippen LogP contribution in [0.4, 0.5) is 0 Å². The first-order chi connectivity index (χ1) is 5.57. The maximum atomic E-state index is 9.52. The SMILES string of the molecule is COC1C(C)OC(C)C(O)C1O. The molecule has 2 N–H and O–H groups in total. The summed E-state index contributed by atoms with van der Waals surface area (Å²) in [5, 5.41) is 18.9. The van der Waals surface area contributed by atoms with Gasteiger partial charge in [0.05, 0.1) is 12.2 Å². The molecule has 0 amide bonds. The van der Waals surface area contributed by atoms with Crippen LogP contribution >= 0.6 is 0 Å². The van der Waals surface area contributed by atoms with Crippen LogP contribution in [0.25, 0.3) is 0 Å². The summed E-state index contributed by atoms with van der Waals surface area (Å²) < 4.78 is 10.3. The maximum Gasteiger partial charge on any atom is 0.111 e. The molecule has 0 aromatic carbocycles. The monoisotopic (exact) mass is 176 g/mol. The van der Waals surface area contributed by atoms with Crippen LogP contribution in [-0.2, 0) is 9.47 Å². The molecule has 12 heavy (non-hydrogen) atoms. The van der Waals surface area contributed by atoms with Gasteiger partial charge in [-0.2, -0.15) is 0 Å². The summed E-state index contributed by atoms with van der Waals surface area (Å²) in [6.07, 6.45) is -2.65. The van der Waals surface area contributed by atoms with Gasteiger partial charge in [-0.1, -0.05) is 0 Å². The van der Waals surface area contributed by atoms with E-state index in [0.717, 1.165) is 0 Å². The van der Waals surface area contributed by atoms with Gasteiger partial charge in [-0.3, -0.25) is 0 Å². The van der Waals surface area contributed by atoms with Crippen molar-refractivity contribution >= 4 is 0 Å². The van der Waals surface area contributed by atoms with Crippen LogP contribution in [0.3, 0.4) is 0 Å². The van der Waals surface area contributed by atoms with Gasteiger partial charge in [-0.05, 0) is 13.8 Å². The fraction of sp³-hybridized carbons (Fsp3) is 1.00. The zero-order valence-electron chi connectivity index (χ0n) is 7.60. The van der Waals surface area contributed by atoms with Crippen molar-refractivity contribution < 1.29 is 19.7 Å². The molecule has 4 nitrogen and oxygen atoms in total. The lowest BCUT2D eigenvalue weighted by atomic mass is 9.96. The molecule has 1 aliphatic rings. The van der Waals surface area contributed by atoms with E-state index in [4.69, 9.17) is 9.47 Å². The van der Waals surface area contributed by atoms with Gasteiger partial charge in [0, 0.05) is 7.11 Å². The second-order valence-electron chi connectivity index (χ2n) is 3.23. The standard InChI is InChI=1S/C8H16O4/c1-4-6(9)7(10)8(11-3)5(2)12-4/h4-10H,1-3H3. The molecule has 0 radical (unpaired) electrons. The molecule has 1 saturated heterocycles. The molecule has 0 aliphatic carbocycles. The second kappa shape index (κ2) is 3.70. The highest BCUT2D eigenvalue weighted by Crippen LogP contribution is 2.22. The molecular weight excluding hydrogens is 160 g/mol. The molecule has 0 aromatic heterocycles. The highest BCUT2D eigenvalue weighted by molar-refractivity contribution is 4.89. The third-order valence-electron chi connectivity index (χ3n) is 2.33. The lowest BCUT2D eigenvalue weighted by Crippen LogP contribution is -2.56. The van der Waals surface area contributed by atoms with E-state index >= 15 is 0 Å². The molecule has 1 heterocycles. The van der Waals surface area contributed by atoms with Crippen LogP contribution in [0.15, 0.2) is 0 Å². The molecule has 1 aliphatic heterocycles. The van der Waals surface area contributed by atoms with Crippen molar-refractivity contribution in [2.45, 2.75) is 44.4 Å². The van der Waals surface area contributed by atoms with Crippen LogP contribution in [0.5, 0.6) is 0 Å². The fourth-order valence-corrected chi connectivity index (χ4v) is 1.58. The third kappa shape index (κ3) is 1.61. The Morgan fingerprint density at radius 3 is 2.17 bits per heavy atom. The first-order valence-electron chi connectivity index (χ1n) is 4.12. The second-order valence-corrected chi connectivity index (χ2v) is 3.23. The van der Waals surface area contributed by atoms with Crippen LogP contribution < -0.4 is 0 Å². The molecule has 0 aromatic rings. The Morgan fingerprint density at radius 1 is 1.08 bits per heavy atom. The number of methoxy groups -OCH3 is 1. The van der Waals surface area contributed by atoms with E-state index in [1.807, 2.05) is 6.92 Å². The van der Waals surface area contributed by atoms with E-state index < -0.39 is 18.3 Å². The van der Waals surface area contributed by atoms with Crippen molar-refractivity contribution in [2.75, 3.05) is 7.11 Å². The van der Waals surface area contributed by atoms with Crippen LogP contribution in [0.2, 0.25) is 0 Å². The highest BCUT2D eigenvalue weighted by Gasteiger charge is 2.40. The summed E-state index contributed by atoms with van der Waals surface area (Å²) in [6.45, 7) is 3.55. The van der Waals surface area contributed by atoms with Gasteiger partial charge in [0.15, 0.2) is 0 Å². The van der Waals surface area contributed by atoms with E-state index in [0.29, 0.717) is 0 Å². The number of hydrogen-bond donors (Lipinski definition) is 2. The largest absolute Gasteiger partial charge is 0.388 e. The molecule has 0 saturated carbocycles. The predicted molar refractivity (Wildman–Crippen MR) is 42.8 cm³/mol. The summed E-state index contributed by atoms with van der Waals surface area (Å²) in [5.74, 6) is 0. The van der Waals surface area contributed by atoms with Crippen molar-refractivity contribution in [2.24, 2.45) is 0 Å². The fourth-order valence-electron chi connectivity index (χ4n) is 1.58. The normalized spacial score (nSPS) is 49.2. The Bertz CT molecular complexity index is 150. The minimum Gasteiger partial charge on any atom is -0.388 e. The lowest BCUT2D eigenvalue weighted by Gasteiger charge is -2.39. The Balaban J connectivity index is 2.65. The summed E-state index contributed by atoms with van der Waals surface area (Å²) in [7, 11) is 1.50.